The quantitative estimate of drug-likeness (QED) is 0.568. The van der Waals surface area contributed by atoms with Gasteiger partial charge in [0.1, 0.15) is 11.6 Å². The van der Waals surface area contributed by atoms with Crippen molar-refractivity contribution in [2.24, 2.45) is 5.92 Å². The number of pyridine rings is 1. The minimum absolute atomic E-state index is 0.0460. The summed E-state index contributed by atoms with van der Waals surface area (Å²) in [6, 6.07) is 6.03. The van der Waals surface area contributed by atoms with E-state index in [4.69, 9.17) is 0 Å². The van der Waals surface area contributed by atoms with Crippen LogP contribution in [0.2, 0.25) is 0 Å². The fourth-order valence-electron chi connectivity index (χ4n) is 5.41. The molecule has 2 fully saturated rings. The van der Waals surface area contributed by atoms with E-state index < -0.39 is 0 Å². The molecule has 32 heavy (non-hydrogen) atoms. The van der Waals surface area contributed by atoms with Gasteiger partial charge in [0.15, 0.2) is 0 Å². The summed E-state index contributed by atoms with van der Waals surface area (Å²) < 4.78 is 1.30. The minimum atomic E-state index is -0.337. The number of aromatic nitrogens is 4. The highest BCUT2D eigenvalue weighted by Crippen LogP contribution is 2.30. The molecule has 3 N–H and O–H groups in total. The Morgan fingerprint density at radius 1 is 1.00 bits per heavy atom. The molecule has 0 spiro atoms. The van der Waals surface area contributed by atoms with Gasteiger partial charge in [0.25, 0.3) is 0 Å². The predicted octanol–water partition coefficient (Wildman–Crippen LogP) is 3.26. The van der Waals surface area contributed by atoms with E-state index >= 15 is 0 Å². The zero-order valence-corrected chi connectivity index (χ0v) is 18.3. The van der Waals surface area contributed by atoms with Crippen LogP contribution in [0, 0.1) is 5.92 Å². The van der Waals surface area contributed by atoms with Gasteiger partial charge in [-0.25, -0.2) is 4.79 Å². The van der Waals surface area contributed by atoms with Gasteiger partial charge in [0.05, 0.1) is 11.2 Å². The smallest absolute Gasteiger partial charge is 0.348 e. The Labute approximate surface area is 186 Å². The highest BCUT2D eigenvalue weighted by molar-refractivity contribution is 5.91. The zero-order chi connectivity index (χ0) is 22.1. The first-order valence-corrected chi connectivity index (χ1v) is 11.9. The Bertz CT molecular complexity index is 1200. The monoisotopic (exact) mass is 437 g/mol. The average molecular weight is 438 g/mol. The molecule has 2 aromatic heterocycles. The van der Waals surface area contributed by atoms with Gasteiger partial charge in [0, 0.05) is 23.9 Å². The maximum Gasteiger partial charge on any atom is 0.348 e. The van der Waals surface area contributed by atoms with Gasteiger partial charge < -0.3 is 15.0 Å². The van der Waals surface area contributed by atoms with Crippen molar-refractivity contribution >= 4 is 10.9 Å². The lowest BCUT2D eigenvalue weighted by atomic mass is 9.86. The van der Waals surface area contributed by atoms with Gasteiger partial charge in [-0.1, -0.05) is 32.1 Å². The molecule has 1 aliphatic carbocycles. The Kier molecular flexibility index (Phi) is 5.87. The van der Waals surface area contributed by atoms with Crippen molar-refractivity contribution in [3.05, 3.63) is 50.9 Å². The summed E-state index contributed by atoms with van der Waals surface area (Å²) in [6.45, 7) is 3.14. The highest BCUT2D eigenvalue weighted by Gasteiger charge is 2.26. The fourth-order valence-corrected chi connectivity index (χ4v) is 5.41. The average Bonchev–Trinajstić information content (AvgIpc) is 3.20. The van der Waals surface area contributed by atoms with E-state index in [0.717, 1.165) is 38.4 Å². The number of H-pyrrole nitrogens is 2. The van der Waals surface area contributed by atoms with E-state index in [0.29, 0.717) is 22.4 Å². The number of hydrogen-bond acceptors (Lipinski definition) is 5. The van der Waals surface area contributed by atoms with Gasteiger partial charge >= 0.3 is 5.69 Å². The number of benzene rings is 1. The van der Waals surface area contributed by atoms with E-state index in [2.05, 4.69) is 20.0 Å². The number of nitrogens with one attached hydrogen (secondary N) is 2. The van der Waals surface area contributed by atoms with Gasteiger partial charge in [-0.3, -0.25) is 9.78 Å². The van der Waals surface area contributed by atoms with Gasteiger partial charge in [-0.2, -0.15) is 4.68 Å². The van der Waals surface area contributed by atoms with Crippen LogP contribution < -0.4 is 11.2 Å². The molecule has 8 heteroatoms. The van der Waals surface area contributed by atoms with Crippen molar-refractivity contribution in [3.63, 3.8) is 0 Å². The Hall–Kier alpha value is -2.87. The maximum absolute atomic E-state index is 12.8. The lowest BCUT2D eigenvalue weighted by Crippen LogP contribution is -2.36. The van der Waals surface area contributed by atoms with Crippen LogP contribution in [0.5, 0.6) is 5.75 Å². The molecule has 0 amide bonds. The Morgan fingerprint density at radius 2 is 1.84 bits per heavy atom. The third-order valence-electron chi connectivity index (χ3n) is 7.18. The van der Waals surface area contributed by atoms with Crippen LogP contribution in [0.4, 0.5) is 0 Å². The first-order chi connectivity index (χ1) is 15.6. The second-order valence-electron chi connectivity index (χ2n) is 9.37. The predicted molar refractivity (Wildman–Crippen MR) is 124 cm³/mol. The van der Waals surface area contributed by atoms with Crippen molar-refractivity contribution in [1.29, 1.82) is 0 Å². The van der Waals surface area contributed by atoms with E-state index in [1.54, 1.807) is 12.1 Å². The van der Waals surface area contributed by atoms with Crippen LogP contribution in [-0.2, 0) is 0 Å². The third-order valence-corrected chi connectivity index (χ3v) is 7.18. The fraction of sp³-hybridized carbons (Fsp3) is 0.542. The minimum Gasteiger partial charge on any atom is -0.507 e. The molecule has 0 bridgehead atoms. The molecule has 1 atom stereocenters. The van der Waals surface area contributed by atoms with E-state index in [1.807, 2.05) is 0 Å². The molecule has 8 nitrogen and oxygen atoms in total. The number of aromatic amines is 2. The van der Waals surface area contributed by atoms with Crippen molar-refractivity contribution in [2.75, 3.05) is 19.6 Å². The number of phenols is 1. The SMILES string of the molecule is O=c1ccc2c(O)ccc(-n3nc([C@H]4CCCN(CCC5CCCCC5)C4)[nH]c3=O)c2[nH]1. The molecular weight excluding hydrogens is 406 g/mol. The maximum atomic E-state index is 12.8. The molecule has 1 aliphatic heterocycles. The standard InChI is InChI=1S/C24H31N5O3/c30-20-10-9-19(22-18(20)8-11-21(31)25-22)29-24(32)26-23(27-29)17-7-4-13-28(15-17)14-12-16-5-2-1-3-6-16/h8-11,16-17,30H,1-7,12-15H2,(H,25,31)(H,26,27,32)/t17-/m0/s1. The number of piperidine rings is 1. The van der Waals surface area contributed by atoms with Crippen LogP contribution in [0.25, 0.3) is 16.6 Å². The summed E-state index contributed by atoms with van der Waals surface area (Å²) in [6.07, 6.45) is 10.3. The molecule has 0 radical (unpaired) electrons. The summed E-state index contributed by atoms with van der Waals surface area (Å²) in [5, 5.41) is 15.2. The largest absolute Gasteiger partial charge is 0.507 e. The van der Waals surface area contributed by atoms with Crippen LogP contribution in [0.1, 0.15) is 63.1 Å². The summed E-state index contributed by atoms with van der Waals surface area (Å²) >= 11 is 0. The van der Waals surface area contributed by atoms with Gasteiger partial charge in [-0.05, 0) is 56.5 Å². The van der Waals surface area contributed by atoms with Crippen LogP contribution in [-0.4, -0.2) is 49.4 Å². The number of fused-ring (bicyclic) bond motifs is 1. The molecule has 0 unspecified atom stereocenters. The van der Waals surface area contributed by atoms with Crippen molar-refractivity contribution in [3.8, 4) is 11.4 Å². The number of nitrogens with zero attached hydrogens (tertiary/aromatic N) is 3. The van der Waals surface area contributed by atoms with E-state index in [9.17, 15) is 14.7 Å². The topological polar surface area (TPSA) is 107 Å². The summed E-state index contributed by atoms with van der Waals surface area (Å²) in [5.41, 5.74) is 0.216. The molecule has 3 heterocycles. The van der Waals surface area contributed by atoms with Crippen molar-refractivity contribution < 1.29 is 5.11 Å². The number of phenolic OH excluding ortho intramolecular Hbond substituents is 1. The lowest BCUT2D eigenvalue weighted by molar-refractivity contribution is 0.182. The summed E-state index contributed by atoms with van der Waals surface area (Å²) in [5.74, 6) is 1.79. The first kappa shape index (κ1) is 21.0. The Morgan fingerprint density at radius 3 is 2.69 bits per heavy atom. The molecule has 3 aromatic rings. The lowest BCUT2D eigenvalue weighted by Gasteiger charge is -2.33. The Balaban J connectivity index is 1.36. The second-order valence-corrected chi connectivity index (χ2v) is 9.37. The molecule has 1 saturated heterocycles. The molecule has 1 aromatic carbocycles. The molecule has 2 aliphatic rings. The van der Waals surface area contributed by atoms with Crippen LogP contribution in [0.15, 0.2) is 33.9 Å². The zero-order valence-electron chi connectivity index (χ0n) is 18.3. The summed E-state index contributed by atoms with van der Waals surface area (Å²) in [4.78, 5) is 32.9. The van der Waals surface area contributed by atoms with Crippen LogP contribution in [0.3, 0.4) is 0 Å². The number of rotatable bonds is 5. The molecule has 1 saturated carbocycles. The van der Waals surface area contributed by atoms with Crippen LogP contribution >= 0.6 is 0 Å². The number of likely N-dealkylation sites (tertiary alicyclic amines) is 1. The molecular formula is C24H31N5O3. The normalized spacial score (nSPS) is 20.7. The number of aromatic hydroxyl groups is 1. The first-order valence-electron chi connectivity index (χ1n) is 11.9. The molecule has 170 valence electrons. The van der Waals surface area contributed by atoms with E-state index in [-0.39, 0.29) is 22.9 Å². The second kappa shape index (κ2) is 8.94. The van der Waals surface area contributed by atoms with Crippen molar-refractivity contribution in [1.82, 2.24) is 24.6 Å². The van der Waals surface area contributed by atoms with E-state index in [1.165, 1.54) is 55.3 Å². The van der Waals surface area contributed by atoms with Crippen molar-refractivity contribution in [2.45, 2.75) is 57.3 Å². The van der Waals surface area contributed by atoms with Gasteiger partial charge in [0.2, 0.25) is 5.56 Å². The van der Waals surface area contributed by atoms with Gasteiger partial charge in [-0.15, -0.1) is 5.10 Å². The number of hydrogen-bond donors (Lipinski definition) is 3. The molecule has 5 rings (SSSR count). The third kappa shape index (κ3) is 4.24. The summed E-state index contributed by atoms with van der Waals surface area (Å²) in [7, 11) is 0. The highest BCUT2D eigenvalue weighted by atomic mass is 16.3.